The van der Waals surface area contributed by atoms with Gasteiger partial charge in [-0.25, -0.2) is 0 Å². The van der Waals surface area contributed by atoms with E-state index in [0.717, 1.165) is 0 Å². The minimum atomic E-state index is -0.317. The summed E-state index contributed by atoms with van der Waals surface area (Å²) in [4.78, 5) is 22.4. The van der Waals surface area contributed by atoms with Crippen molar-refractivity contribution in [3.63, 3.8) is 0 Å². The largest absolute Gasteiger partial charge is 0.466 e. The summed E-state index contributed by atoms with van der Waals surface area (Å²) in [6.45, 7) is 4.15. The molecular weight excluding hydrogens is 240 g/mol. The fourth-order valence-electron chi connectivity index (χ4n) is 1.14. The first-order chi connectivity index (χ1) is 8.61. The molecule has 0 saturated carbocycles. The maximum absolute atomic E-state index is 11.4. The number of anilines is 1. The van der Waals surface area contributed by atoms with Crippen molar-refractivity contribution in [3.8, 4) is 0 Å². The van der Waals surface area contributed by atoms with Crippen molar-refractivity contribution in [2.24, 2.45) is 0 Å². The van der Waals surface area contributed by atoms with E-state index >= 15 is 0 Å². The fraction of sp³-hybridized carbons (Fsp3) is 0.600. The van der Waals surface area contributed by atoms with Crippen LogP contribution in [0, 0.1) is 6.92 Å². The Morgan fingerprint density at radius 1 is 1.39 bits per heavy atom. The number of carbonyl (C=O) groups excluding carboxylic acids is 2. The van der Waals surface area contributed by atoms with Crippen molar-refractivity contribution in [3.05, 3.63) is 5.89 Å². The summed E-state index contributed by atoms with van der Waals surface area (Å²) in [5, 5.41) is 12.4. The van der Waals surface area contributed by atoms with Gasteiger partial charge < -0.3 is 14.5 Å². The van der Waals surface area contributed by atoms with Gasteiger partial charge in [0.1, 0.15) is 0 Å². The summed E-state index contributed by atoms with van der Waals surface area (Å²) in [7, 11) is 0. The molecule has 0 aliphatic carbocycles. The normalized spacial score (nSPS) is 10.1. The first-order valence-electron chi connectivity index (χ1n) is 5.58. The van der Waals surface area contributed by atoms with Crippen LogP contribution < -0.4 is 10.6 Å². The number of hydrogen-bond acceptors (Lipinski definition) is 7. The van der Waals surface area contributed by atoms with Gasteiger partial charge in [0.25, 0.3) is 0 Å². The van der Waals surface area contributed by atoms with E-state index in [1.54, 1.807) is 13.8 Å². The molecule has 0 fully saturated rings. The lowest BCUT2D eigenvalue weighted by atomic mass is 10.4. The predicted octanol–water partition coefficient (Wildman–Crippen LogP) is -0.141. The van der Waals surface area contributed by atoms with Crippen LogP contribution in [0.2, 0.25) is 0 Å². The number of amides is 1. The van der Waals surface area contributed by atoms with Gasteiger partial charge in [-0.1, -0.05) is 5.10 Å². The van der Waals surface area contributed by atoms with E-state index in [-0.39, 0.29) is 30.9 Å². The minimum Gasteiger partial charge on any atom is -0.466 e. The van der Waals surface area contributed by atoms with Gasteiger partial charge in [-0.15, -0.1) is 5.10 Å². The lowest BCUT2D eigenvalue weighted by Gasteiger charge is -2.03. The van der Waals surface area contributed by atoms with Crippen molar-refractivity contribution >= 4 is 17.9 Å². The molecule has 0 bridgehead atoms. The molecule has 2 N–H and O–H groups in total. The molecule has 0 aliphatic heterocycles. The Hall–Kier alpha value is -1.96. The van der Waals surface area contributed by atoms with Gasteiger partial charge in [-0.2, -0.15) is 0 Å². The summed E-state index contributed by atoms with van der Waals surface area (Å²) in [5.74, 6) is -0.235. The number of aryl methyl sites for hydroxylation is 1. The number of aromatic nitrogens is 2. The molecule has 8 heteroatoms. The van der Waals surface area contributed by atoms with Gasteiger partial charge in [0.15, 0.2) is 0 Å². The van der Waals surface area contributed by atoms with E-state index in [1.807, 2.05) is 0 Å². The Balaban J connectivity index is 2.12. The van der Waals surface area contributed by atoms with Crippen LogP contribution in [0.1, 0.15) is 19.2 Å². The second-order valence-electron chi connectivity index (χ2n) is 3.41. The monoisotopic (exact) mass is 256 g/mol. The molecule has 8 nitrogen and oxygen atoms in total. The first-order valence-corrected chi connectivity index (χ1v) is 5.58. The van der Waals surface area contributed by atoms with Crippen LogP contribution in [0.5, 0.6) is 0 Å². The molecule has 1 rings (SSSR count). The highest BCUT2D eigenvalue weighted by molar-refractivity contribution is 5.90. The lowest BCUT2D eigenvalue weighted by molar-refractivity contribution is -0.143. The fourth-order valence-corrected chi connectivity index (χ4v) is 1.14. The Labute approximate surface area is 104 Å². The average molecular weight is 256 g/mol. The number of ether oxygens (including phenoxy) is 1. The second kappa shape index (κ2) is 7.38. The third-order valence-electron chi connectivity index (χ3n) is 1.87. The quantitative estimate of drug-likeness (QED) is 0.516. The Morgan fingerprint density at radius 3 is 2.78 bits per heavy atom. The maximum atomic E-state index is 11.4. The molecule has 0 atom stereocenters. The zero-order valence-corrected chi connectivity index (χ0v) is 10.4. The second-order valence-corrected chi connectivity index (χ2v) is 3.41. The third kappa shape index (κ3) is 5.39. The van der Waals surface area contributed by atoms with Crippen molar-refractivity contribution in [1.82, 2.24) is 15.5 Å². The number of carbonyl (C=O) groups is 2. The molecule has 1 heterocycles. The van der Waals surface area contributed by atoms with E-state index in [0.29, 0.717) is 19.0 Å². The number of esters is 1. The van der Waals surface area contributed by atoms with Crippen LogP contribution in [-0.4, -0.2) is 41.8 Å². The highest BCUT2D eigenvalue weighted by Gasteiger charge is 2.07. The van der Waals surface area contributed by atoms with Crippen LogP contribution in [0.3, 0.4) is 0 Å². The average Bonchev–Trinajstić information content (AvgIpc) is 2.70. The van der Waals surface area contributed by atoms with Crippen LogP contribution in [0.25, 0.3) is 0 Å². The highest BCUT2D eigenvalue weighted by atomic mass is 16.5. The number of rotatable bonds is 7. The third-order valence-corrected chi connectivity index (χ3v) is 1.87. The molecule has 1 aromatic heterocycles. The predicted molar refractivity (Wildman–Crippen MR) is 61.8 cm³/mol. The van der Waals surface area contributed by atoms with E-state index in [9.17, 15) is 9.59 Å². The zero-order valence-electron chi connectivity index (χ0n) is 10.4. The molecule has 0 radical (unpaired) electrons. The SMILES string of the molecule is CCOC(=O)CCNCC(=O)Nc1nnc(C)o1. The molecule has 0 spiro atoms. The maximum Gasteiger partial charge on any atom is 0.322 e. The van der Waals surface area contributed by atoms with Crippen LogP contribution in [0.15, 0.2) is 4.42 Å². The van der Waals surface area contributed by atoms with Crippen LogP contribution in [-0.2, 0) is 14.3 Å². The topological polar surface area (TPSA) is 106 Å². The summed E-state index contributed by atoms with van der Waals surface area (Å²) in [6, 6.07) is 0.0599. The van der Waals surface area contributed by atoms with E-state index in [1.165, 1.54) is 0 Å². The molecule has 18 heavy (non-hydrogen) atoms. The van der Waals surface area contributed by atoms with Gasteiger partial charge >= 0.3 is 12.0 Å². The minimum absolute atomic E-state index is 0.0564. The first kappa shape index (κ1) is 14.1. The van der Waals surface area contributed by atoms with Gasteiger partial charge in [-0.05, 0) is 6.92 Å². The van der Waals surface area contributed by atoms with E-state index in [4.69, 9.17) is 9.15 Å². The van der Waals surface area contributed by atoms with Crippen molar-refractivity contribution in [2.45, 2.75) is 20.3 Å². The van der Waals surface area contributed by atoms with Gasteiger partial charge in [0.2, 0.25) is 11.8 Å². The molecule has 0 unspecified atom stereocenters. The van der Waals surface area contributed by atoms with Crippen molar-refractivity contribution < 1.29 is 18.7 Å². The Kier molecular flexibility index (Phi) is 5.78. The van der Waals surface area contributed by atoms with Crippen LogP contribution >= 0.6 is 0 Å². The van der Waals surface area contributed by atoms with E-state index < -0.39 is 0 Å². The molecule has 0 aromatic carbocycles. The van der Waals surface area contributed by atoms with Crippen LogP contribution in [0.4, 0.5) is 6.01 Å². The summed E-state index contributed by atoms with van der Waals surface area (Å²) in [5.41, 5.74) is 0. The highest BCUT2D eigenvalue weighted by Crippen LogP contribution is 2.02. The Morgan fingerprint density at radius 2 is 2.17 bits per heavy atom. The van der Waals surface area contributed by atoms with Crippen molar-refractivity contribution in [2.75, 3.05) is 25.0 Å². The zero-order chi connectivity index (χ0) is 13.4. The molecule has 1 amide bonds. The van der Waals surface area contributed by atoms with Gasteiger partial charge in [0.05, 0.1) is 19.6 Å². The van der Waals surface area contributed by atoms with E-state index in [2.05, 4.69) is 20.8 Å². The molecule has 100 valence electrons. The number of hydrogen-bond donors (Lipinski definition) is 2. The van der Waals surface area contributed by atoms with Gasteiger partial charge in [0, 0.05) is 13.5 Å². The summed E-state index contributed by atoms with van der Waals surface area (Å²) < 4.78 is 9.71. The lowest BCUT2D eigenvalue weighted by Crippen LogP contribution is -2.30. The van der Waals surface area contributed by atoms with Gasteiger partial charge in [-0.3, -0.25) is 14.9 Å². The number of nitrogens with zero attached hydrogens (tertiary/aromatic N) is 2. The molecule has 1 aromatic rings. The van der Waals surface area contributed by atoms with Crippen molar-refractivity contribution in [1.29, 1.82) is 0 Å². The smallest absolute Gasteiger partial charge is 0.322 e. The molecule has 0 aliphatic rings. The summed E-state index contributed by atoms with van der Waals surface area (Å²) >= 11 is 0. The molecule has 0 saturated heterocycles. The number of nitrogens with one attached hydrogen (secondary N) is 2. The standard InChI is InChI=1S/C10H16N4O4/c1-3-17-9(16)4-5-11-6-8(15)12-10-14-13-7(2)18-10/h11H,3-6H2,1-2H3,(H,12,14,15). The molecular formula is C10H16N4O4. The summed E-state index contributed by atoms with van der Waals surface area (Å²) in [6.07, 6.45) is 0.223. The Bertz CT molecular complexity index is 404.